The van der Waals surface area contributed by atoms with Gasteiger partial charge in [0.25, 0.3) is 5.91 Å². The lowest BCUT2D eigenvalue weighted by Gasteiger charge is -2.46. The molecule has 8 heteroatoms. The van der Waals surface area contributed by atoms with Gasteiger partial charge in [-0.25, -0.2) is 0 Å². The van der Waals surface area contributed by atoms with E-state index in [0.717, 1.165) is 37.6 Å². The van der Waals surface area contributed by atoms with Crippen molar-refractivity contribution in [2.75, 3.05) is 19.6 Å². The number of rotatable bonds is 8. The summed E-state index contributed by atoms with van der Waals surface area (Å²) in [6, 6.07) is 7.47. The molecule has 1 aliphatic carbocycles. The zero-order chi connectivity index (χ0) is 23.4. The monoisotopic (exact) mass is 456 g/mol. The Kier molecular flexibility index (Phi) is 7.65. The van der Waals surface area contributed by atoms with E-state index in [0.29, 0.717) is 24.1 Å². The van der Waals surface area contributed by atoms with Gasteiger partial charge in [-0.05, 0) is 76.4 Å². The Bertz CT molecular complexity index is 844. The first-order valence-electron chi connectivity index (χ1n) is 12.3. The summed E-state index contributed by atoms with van der Waals surface area (Å²) in [6.07, 6.45) is 5.34. The average molecular weight is 457 g/mol. The smallest absolute Gasteiger partial charge is 0.251 e. The van der Waals surface area contributed by atoms with Crippen molar-refractivity contribution >= 4 is 17.7 Å². The number of benzene rings is 1. The molecule has 3 aliphatic rings. The molecule has 0 spiro atoms. The second-order valence-electron chi connectivity index (χ2n) is 9.85. The van der Waals surface area contributed by atoms with Crippen LogP contribution in [0.3, 0.4) is 0 Å². The number of nitrogens with one attached hydrogen (secondary N) is 3. The van der Waals surface area contributed by atoms with E-state index in [4.69, 9.17) is 4.74 Å². The van der Waals surface area contributed by atoms with E-state index in [9.17, 15) is 14.4 Å². The van der Waals surface area contributed by atoms with Crippen molar-refractivity contribution in [3.05, 3.63) is 29.8 Å². The highest BCUT2D eigenvalue weighted by atomic mass is 16.5. The lowest BCUT2D eigenvalue weighted by molar-refractivity contribution is -0.134. The highest BCUT2D eigenvalue weighted by molar-refractivity contribution is 6.03. The Hall–Kier alpha value is -2.45. The Morgan fingerprint density at radius 3 is 2.45 bits per heavy atom. The molecule has 1 aromatic carbocycles. The van der Waals surface area contributed by atoms with E-state index < -0.39 is 11.9 Å². The molecule has 0 bridgehead atoms. The van der Waals surface area contributed by atoms with Gasteiger partial charge in [-0.2, -0.15) is 0 Å². The molecular formula is C25H36N4O4. The van der Waals surface area contributed by atoms with Crippen LogP contribution in [0.1, 0.15) is 62.7 Å². The van der Waals surface area contributed by atoms with Gasteiger partial charge in [-0.3, -0.25) is 24.6 Å². The largest absolute Gasteiger partial charge is 0.490 e. The number of hydrogen-bond acceptors (Lipinski definition) is 6. The first kappa shape index (κ1) is 23.7. The molecule has 180 valence electrons. The lowest BCUT2D eigenvalue weighted by atomic mass is 9.85. The fraction of sp³-hybridized carbons (Fsp3) is 0.640. The standard InChI is InChI=1S/C25H36N4O4/c1-16(2)29(15-17-9-11-26-12-10-17)19-13-21(14-19)33-20-5-3-18(4-6-20)24(31)27-22-7-8-23(30)28-25(22)32/h3-6,16-17,19,21-22,26H,7-15H2,1-2H3,(H,27,31)(H,28,30,32). The van der Waals surface area contributed by atoms with Crippen molar-refractivity contribution in [2.24, 2.45) is 5.92 Å². The third-order valence-electron chi connectivity index (χ3n) is 7.09. The lowest BCUT2D eigenvalue weighted by Crippen LogP contribution is -2.53. The minimum absolute atomic E-state index is 0.201. The van der Waals surface area contributed by atoms with Crippen LogP contribution in [-0.2, 0) is 9.59 Å². The molecule has 8 nitrogen and oxygen atoms in total. The SMILES string of the molecule is CC(C)N(CC1CCNCC1)C1CC(Oc2ccc(C(=O)NC3CCC(=O)NC3=O)cc2)C1. The van der Waals surface area contributed by atoms with E-state index in [-0.39, 0.29) is 24.3 Å². The van der Waals surface area contributed by atoms with Crippen LogP contribution in [0.15, 0.2) is 24.3 Å². The molecule has 1 aromatic rings. The van der Waals surface area contributed by atoms with Crippen LogP contribution in [0.2, 0.25) is 0 Å². The number of imide groups is 1. The molecule has 1 unspecified atom stereocenters. The molecule has 33 heavy (non-hydrogen) atoms. The predicted molar refractivity (Wildman–Crippen MR) is 125 cm³/mol. The van der Waals surface area contributed by atoms with Gasteiger partial charge in [-0.1, -0.05) is 0 Å². The van der Waals surface area contributed by atoms with Crippen molar-refractivity contribution in [1.82, 2.24) is 20.9 Å². The summed E-state index contributed by atoms with van der Waals surface area (Å²) in [5, 5.41) is 8.40. The zero-order valence-electron chi connectivity index (χ0n) is 19.6. The minimum atomic E-state index is -0.674. The highest BCUT2D eigenvalue weighted by Crippen LogP contribution is 2.32. The molecule has 1 saturated carbocycles. The highest BCUT2D eigenvalue weighted by Gasteiger charge is 2.37. The number of ether oxygens (including phenoxy) is 1. The van der Waals surface area contributed by atoms with Crippen molar-refractivity contribution in [3.63, 3.8) is 0 Å². The maximum atomic E-state index is 12.5. The second-order valence-corrected chi connectivity index (χ2v) is 9.85. The number of piperidine rings is 2. The molecule has 1 atom stereocenters. The van der Waals surface area contributed by atoms with Gasteiger partial charge in [0, 0.05) is 43.5 Å². The van der Waals surface area contributed by atoms with Gasteiger partial charge in [-0.15, -0.1) is 0 Å². The van der Waals surface area contributed by atoms with Crippen LogP contribution in [0.5, 0.6) is 5.75 Å². The van der Waals surface area contributed by atoms with Gasteiger partial charge in [0.05, 0.1) is 0 Å². The Morgan fingerprint density at radius 2 is 1.82 bits per heavy atom. The first-order chi connectivity index (χ1) is 15.9. The van der Waals surface area contributed by atoms with Crippen LogP contribution in [0.25, 0.3) is 0 Å². The molecule has 0 radical (unpaired) electrons. The summed E-state index contributed by atoms with van der Waals surface area (Å²) in [5.41, 5.74) is 0.464. The van der Waals surface area contributed by atoms with Crippen LogP contribution < -0.4 is 20.7 Å². The summed E-state index contributed by atoms with van der Waals surface area (Å²) in [5.74, 6) is 0.464. The maximum Gasteiger partial charge on any atom is 0.251 e. The molecule has 0 aromatic heterocycles. The van der Waals surface area contributed by atoms with Gasteiger partial charge in [0.2, 0.25) is 11.8 Å². The number of hydrogen-bond donors (Lipinski definition) is 3. The Morgan fingerprint density at radius 1 is 1.12 bits per heavy atom. The fourth-order valence-corrected chi connectivity index (χ4v) is 5.00. The summed E-state index contributed by atoms with van der Waals surface area (Å²) in [7, 11) is 0. The van der Waals surface area contributed by atoms with E-state index in [1.807, 2.05) is 12.1 Å². The van der Waals surface area contributed by atoms with Gasteiger partial charge >= 0.3 is 0 Å². The molecule has 2 heterocycles. The van der Waals surface area contributed by atoms with E-state index in [1.54, 1.807) is 12.1 Å². The van der Waals surface area contributed by atoms with E-state index in [1.165, 1.54) is 19.4 Å². The van der Waals surface area contributed by atoms with Crippen LogP contribution in [0.4, 0.5) is 0 Å². The summed E-state index contributed by atoms with van der Waals surface area (Å²) in [4.78, 5) is 38.2. The molecule has 2 aliphatic heterocycles. The number of amides is 3. The third-order valence-corrected chi connectivity index (χ3v) is 7.09. The van der Waals surface area contributed by atoms with Crippen LogP contribution >= 0.6 is 0 Å². The molecule has 3 N–H and O–H groups in total. The van der Waals surface area contributed by atoms with Gasteiger partial charge in [0.1, 0.15) is 17.9 Å². The molecular weight excluding hydrogens is 420 g/mol. The van der Waals surface area contributed by atoms with Crippen LogP contribution in [-0.4, -0.2) is 66.5 Å². The summed E-state index contributed by atoms with van der Waals surface area (Å²) in [6.45, 7) is 8.01. The Balaban J connectivity index is 1.23. The predicted octanol–water partition coefficient (Wildman–Crippen LogP) is 1.84. The molecule has 2 saturated heterocycles. The molecule has 4 rings (SSSR count). The number of carbonyl (C=O) groups is 3. The van der Waals surface area contributed by atoms with Gasteiger partial charge < -0.3 is 15.4 Å². The Labute approximate surface area is 195 Å². The van der Waals surface area contributed by atoms with E-state index >= 15 is 0 Å². The topological polar surface area (TPSA) is 99.8 Å². The zero-order valence-corrected chi connectivity index (χ0v) is 19.6. The average Bonchev–Trinajstić information content (AvgIpc) is 2.77. The first-order valence-corrected chi connectivity index (χ1v) is 12.3. The fourth-order valence-electron chi connectivity index (χ4n) is 5.00. The maximum absolute atomic E-state index is 12.5. The minimum Gasteiger partial charge on any atom is -0.490 e. The molecule has 3 amide bonds. The van der Waals surface area contributed by atoms with E-state index in [2.05, 4.69) is 34.7 Å². The summed E-state index contributed by atoms with van der Waals surface area (Å²) < 4.78 is 6.14. The number of carbonyl (C=O) groups excluding carboxylic acids is 3. The quantitative estimate of drug-likeness (QED) is 0.516. The van der Waals surface area contributed by atoms with Crippen molar-refractivity contribution < 1.29 is 19.1 Å². The third kappa shape index (κ3) is 6.12. The van der Waals surface area contributed by atoms with Crippen molar-refractivity contribution in [3.8, 4) is 5.75 Å². The second kappa shape index (κ2) is 10.7. The number of nitrogens with zero attached hydrogens (tertiary/aromatic N) is 1. The van der Waals surface area contributed by atoms with Crippen LogP contribution in [0, 0.1) is 5.92 Å². The molecule has 3 fully saturated rings. The van der Waals surface area contributed by atoms with Gasteiger partial charge in [0.15, 0.2) is 0 Å². The normalized spacial score (nSPS) is 26.1. The van der Waals surface area contributed by atoms with Crippen molar-refractivity contribution in [1.29, 1.82) is 0 Å². The van der Waals surface area contributed by atoms with Crippen molar-refractivity contribution in [2.45, 2.75) is 76.6 Å². The summed E-state index contributed by atoms with van der Waals surface area (Å²) >= 11 is 0.